The van der Waals surface area contributed by atoms with Crippen molar-refractivity contribution in [2.45, 2.75) is 11.2 Å². The lowest BCUT2D eigenvalue weighted by atomic mass is 10.5. The minimum atomic E-state index is 0.213. The van der Waals surface area contributed by atoms with Crippen molar-refractivity contribution in [2.24, 2.45) is 5.92 Å². The number of carbonyl (C=O) groups excluding carboxylic acids is 1. The second-order valence-corrected chi connectivity index (χ2v) is 2.65. The van der Waals surface area contributed by atoms with Gasteiger partial charge in [-0.15, -0.1) is 0 Å². The zero-order valence-electron chi connectivity index (χ0n) is 3.15. The van der Waals surface area contributed by atoms with E-state index in [0.29, 0.717) is 4.83 Å². The molecule has 0 aromatic carbocycles. The third-order valence-corrected chi connectivity index (χ3v) is 1.88. The zero-order chi connectivity index (χ0) is 4.57. The van der Waals surface area contributed by atoms with E-state index in [9.17, 15) is 4.79 Å². The quantitative estimate of drug-likeness (QED) is 0.504. The van der Waals surface area contributed by atoms with Gasteiger partial charge < -0.3 is 0 Å². The summed E-state index contributed by atoms with van der Waals surface area (Å²) in [6.45, 7) is 0. The van der Waals surface area contributed by atoms with Crippen molar-refractivity contribution in [2.75, 3.05) is 0 Å². The normalized spacial score (nSPS) is 42.2. The van der Waals surface area contributed by atoms with E-state index >= 15 is 0 Å². The highest BCUT2D eigenvalue weighted by Gasteiger charge is 2.34. The van der Waals surface area contributed by atoms with Gasteiger partial charge in [-0.25, -0.2) is 0 Å². The Balaban J connectivity index is 2.25. The van der Waals surface area contributed by atoms with E-state index in [1.54, 1.807) is 0 Å². The highest BCUT2D eigenvalue weighted by molar-refractivity contribution is 9.09. The minimum absolute atomic E-state index is 0.213. The number of halogens is 1. The summed E-state index contributed by atoms with van der Waals surface area (Å²) in [6.07, 6.45) is 2.88. The first-order valence-electron chi connectivity index (χ1n) is 1.86. The van der Waals surface area contributed by atoms with Gasteiger partial charge in [0, 0.05) is 10.7 Å². The molecule has 1 rings (SSSR count). The van der Waals surface area contributed by atoms with Gasteiger partial charge in [0.15, 0.2) is 0 Å². The van der Waals surface area contributed by atoms with Crippen LogP contribution >= 0.6 is 15.9 Å². The van der Waals surface area contributed by atoms with E-state index < -0.39 is 0 Å². The van der Waals surface area contributed by atoms with Gasteiger partial charge in [-0.05, 0) is 6.42 Å². The third kappa shape index (κ3) is 0.620. The van der Waals surface area contributed by atoms with Crippen molar-refractivity contribution in [3.63, 3.8) is 0 Å². The minimum Gasteiger partial charge on any atom is -0.291 e. The largest absolute Gasteiger partial charge is 0.291 e. The number of hydrogen-bond donors (Lipinski definition) is 0. The lowest BCUT2D eigenvalue weighted by molar-refractivity contribution is 0.549. The molecule has 1 aliphatic carbocycles. The van der Waals surface area contributed by atoms with Crippen molar-refractivity contribution in [1.82, 2.24) is 0 Å². The predicted molar refractivity (Wildman–Crippen MR) is 26.5 cm³/mol. The van der Waals surface area contributed by atoms with Crippen LogP contribution in [-0.2, 0) is 4.79 Å². The second kappa shape index (κ2) is 1.34. The van der Waals surface area contributed by atoms with Crippen molar-refractivity contribution < 1.29 is 4.79 Å². The van der Waals surface area contributed by atoms with Crippen LogP contribution in [0.1, 0.15) is 6.42 Å². The second-order valence-electron chi connectivity index (χ2n) is 1.48. The van der Waals surface area contributed by atoms with Gasteiger partial charge in [-0.3, -0.25) is 4.79 Å². The fourth-order valence-corrected chi connectivity index (χ4v) is 0.797. The standard InChI is InChI=1S/C4H4BrO/c5-4-1-3(4)2-6/h3-4H,1H2. The molecule has 0 aromatic heterocycles. The van der Waals surface area contributed by atoms with E-state index in [1.807, 2.05) is 6.29 Å². The molecule has 1 radical (unpaired) electrons. The van der Waals surface area contributed by atoms with Crippen LogP contribution in [0.4, 0.5) is 0 Å². The number of hydrogen-bond acceptors (Lipinski definition) is 1. The highest BCUT2D eigenvalue weighted by atomic mass is 79.9. The molecule has 1 fully saturated rings. The average Bonchev–Trinajstić information content (AvgIpc) is 2.19. The molecular formula is C4H4BrO. The Hall–Kier alpha value is 0.150. The fourth-order valence-electron chi connectivity index (χ4n) is 0.286. The molecule has 33 valence electrons. The molecule has 2 heteroatoms. The Kier molecular flexibility index (Phi) is 0.960. The molecule has 1 nitrogen and oxygen atoms in total. The molecule has 0 N–H and O–H groups in total. The van der Waals surface area contributed by atoms with E-state index in [0.717, 1.165) is 6.42 Å². The van der Waals surface area contributed by atoms with Crippen molar-refractivity contribution in [3.8, 4) is 0 Å². The molecule has 0 bridgehead atoms. The summed E-state index contributed by atoms with van der Waals surface area (Å²) in [5, 5.41) is 0. The lowest BCUT2D eigenvalue weighted by Crippen LogP contribution is -1.74. The maximum atomic E-state index is 9.62. The van der Waals surface area contributed by atoms with Crippen LogP contribution in [0, 0.1) is 5.92 Å². The third-order valence-electron chi connectivity index (χ3n) is 0.864. The number of alkyl halides is 1. The molecule has 2 unspecified atom stereocenters. The van der Waals surface area contributed by atoms with Crippen LogP contribution in [0.2, 0.25) is 0 Å². The maximum Gasteiger partial charge on any atom is 0.202 e. The van der Waals surface area contributed by atoms with Crippen LogP contribution < -0.4 is 0 Å². The molecule has 6 heavy (non-hydrogen) atoms. The molecule has 0 heterocycles. The Labute approximate surface area is 44.9 Å². The molecule has 0 spiro atoms. The smallest absolute Gasteiger partial charge is 0.202 e. The first kappa shape index (κ1) is 4.31. The summed E-state index contributed by atoms with van der Waals surface area (Å²) in [5.74, 6) is 0.213. The molecule has 0 aliphatic heterocycles. The maximum absolute atomic E-state index is 9.62. The van der Waals surface area contributed by atoms with Crippen LogP contribution in [0.5, 0.6) is 0 Å². The molecule has 1 saturated carbocycles. The van der Waals surface area contributed by atoms with Crippen molar-refractivity contribution >= 4 is 22.2 Å². The summed E-state index contributed by atoms with van der Waals surface area (Å²) >= 11 is 3.25. The average molecular weight is 148 g/mol. The van der Waals surface area contributed by atoms with E-state index in [2.05, 4.69) is 15.9 Å². The van der Waals surface area contributed by atoms with Gasteiger partial charge in [0.2, 0.25) is 6.29 Å². The van der Waals surface area contributed by atoms with Crippen LogP contribution in [-0.4, -0.2) is 11.1 Å². The number of rotatable bonds is 1. The summed E-state index contributed by atoms with van der Waals surface area (Å²) in [4.78, 5) is 10.1. The summed E-state index contributed by atoms with van der Waals surface area (Å²) in [6, 6.07) is 0. The monoisotopic (exact) mass is 147 g/mol. The van der Waals surface area contributed by atoms with Crippen molar-refractivity contribution in [3.05, 3.63) is 0 Å². The molecule has 1 aliphatic rings. The van der Waals surface area contributed by atoms with Gasteiger partial charge >= 0.3 is 0 Å². The Morgan fingerprint density at radius 2 is 2.33 bits per heavy atom. The molecule has 0 amide bonds. The molecule has 0 saturated heterocycles. The lowest BCUT2D eigenvalue weighted by Gasteiger charge is -1.63. The van der Waals surface area contributed by atoms with E-state index in [4.69, 9.17) is 0 Å². The van der Waals surface area contributed by atoms with Crippen LogP contribution in [0.3, 0.4) is 0 Å². The first-order chi connectivity index (χ1) is 2.84. The van der Waals surface area contributed by atoms with Gasteiger partial charge in [0.05, 0.1) is 0 Å². The van der Waals surface area contributed by atoms with E-state index in [1.165, 1.54) is 0 Å². The Bertz CT molecular complexity index is 71.9. The molecule has 2 atom stereocenters. The molecule has 0 aromatic rings. The van der Waals surface area contributed by atoms with Gasteiger partial charge in [-0.2, -0.15) is 0 Å². The summed E-state index contributed by atoms with van der Waals surface area (Å²) in [5.41, 5.74) is 0. The van der Waals surface area contributed by atoms with Crippen molar-refractivity contribution in [1.29, 1.82) is 0 Å². The van der Waals surface area contributed by atoms with E-state index in [-0.39, 0.29) is 5.92 Å². The van der Waals surface area contributed by atoms with Crippen LogP contribution in [0.15, 0.2) is 0 Å². The predicted octanol–water partition coefficient (Wildman–Crippen LogP) is 0.879. The van der Waals surface area contributed by atoms with Gasteiger partial charge in [-0.1, -0.05) is 15.9 Å². The summed E-state index contributed by atoms with van der Waals surface area (Å²) in [7, 11) is 0. The fraction of sp³-hybridized carbons (Fsp3) is 0.750. The summed E-state index contributed by atoms with van der Waals surface area (Å²) < 4.78 is 0. The zero-order valence-corrected chi connectivity index (χ0v) is 4.73. The SMILES string of the molecule is O=[C]C1CC1Br. The highest BCUT2D eigenvalue weighted by Crippen LogP contribution is 2.35. The Morgan fingerprint density at radius 3 is 2.33 bits per heavy atom. The molecular weight excluding hydrogens is 144 g/mol. The Morgan fingerprint density at radius 1 is 1.83 bits per heavy atom. The van der Waals surface area contributed by atoms with Crippen LogP contribution in [0.25, 0.3) is 0 Å². The topological polar surface area (TPSA) is 17.1 Å². The van der Waals surface area contributed by atoms with Gasteiger partial charge in [0.1, 0.15) is 0 Å². The van der Waals surface area contributed by atoms with Gasteiger partial charge in [0.25, 0.3) is 0 Å². The first-order valence-corrected chi connectivity index (χ1v) is 2.78.